The topological polar surface area (TPSA) is 88.2 Å². The molecule has 0 unspecified atom stereocenters. The van der Waals surface area contributed by atoms with E-state index < -0.39 is 22.0 Å². The maximum atomic E-state index is 12.9. The third-order valence-electron chi connectivity index (χ3n) is 4.45. The van der Waals surface area contributed by atoms with Crippen molar-refractivity contribution in [1.29, 1.82) is 0 Å². The lowest BCUT2D eigenvalue weighted by atomic mass is 10.0. The molecule has 0 aliphatic rings. The average Bonchev–Trinajstić information content (AvgIpc) is 3.01. The Bertz CT molecular complexity index is 1170. The van der Waals surface area contributed by atoms with E-state index in [0.29, 0.717) is 10.7 Å². The summed E-state index contributed by atoms with van der Waals surface area (Å²) in [6, 6.07) is 8.96. The van der Waals surface area contributed by atoms with Gasteiger partial charge in [-0.1, -0.05) is 31.5 Å². The van der Waals surface area contributed by atoms with Gasteiger partial charge >= 0.3 is 0 Å². The highest BCUT2D eigenvalue weighted by molar-refractivity contribution is 7.89. The van der Waals surface area contributed by atoms with Crippen molar-refractivity contribution < 1.29 is 13.2 Å². The van der Waals surface area contributed by atoms with Crippen LogP contribution in [0.2, 0.25) is 5.02 Å². The first-order valence-electron chi connectivity index (χ1n) is 9.03. The van der Waals surface area contributed by atoms with Gasteiger partial charge in [0.15, 0.2) is 0 Å². The number of sulfonamides is 1. The molecule has 6 nitrogen and oxygen atoms in total. The van der Waals surface area contributed by atoms with E-state index in [-0.39, 0.29) is 10.8 Å². The van der Waals surface area contributed by atoms with Crippen LogP contribution in [-0.4, -0.2) is 25.4 Å². The number of carbonyl (C=O) groups excluding carboxylic acids is 1. The Labute approximate surface area is 179 Å². The number of benzene rings is 2. The molecule has 3 rings (SSSR count). The van der Waals surface area contributed by atoms with Gasteiger partial charge in [0.1, 0.15) is 6.04 Å². The maximum Gasteiger partial charge on any atom is 0.242 e. The maximum absolute atomic E-state index is 12.9. The van der Waals surface area contributed by atoms with Gasteiger partial charge in [-0.2, -0.15) is 4.72 Å². The van der Waals surface area contributed by atoms with E-state index in [4.69, 9.17) is 11.6 Å². The van der Waals surface area contributed by atoms with Crippen LogP contribution in [0.1, 0.15) is 24.4 Å². The van der Waals surface area contributed by atoms with Crippen molar-refractivity contribution in [2.24, 2.45) is 5.92 Å². The Kier molecular flexibility index (Phi) is 6.28. The predicted octanol–water partition coefficient (Wildman–Crippen LogP) is 4.51. The summed E-state index contributed by atoms with van der Waals surface area (Å²) in [6.45, 7) is 7.29. The van der Waals surface area contributed by atoms with Crippen molar-refractivity contribution in [3.63, 3.8) is 0 Å². The lowest BCUT2D eigenvalue weighted by molar-refractivity contribution is -0.118. The number of aromatic nitrogens is 1. The van der Waals surface area contributed by atoms with E-state index in [0.717, 1.165) is 20.8 Å². The molecule has 0 saturated carbocycles. The molecule has 154 valence electrons. The van der Waals surface area contributed by atoms with E-state index in [1.165, 1.54) is 17.4 Å². The molecule has 2 N–H and O–H groups in total. The number of thiazole rings is 1. The van der Waals surface area contributed by atoms with Crippen molar-refractivity contribution in [3.05, 3.63) is 52.0 Å². The van der Waals surface area contributed by atoms with Crippen LogP contribution in [0, 0.1) is 19.8 Å². The standard InChI is InChI=1S/C20H22ClN3O3S2/c1-11(2)19(20(25)23-14-6-5-12(3)16(21)9-14)24-29(26,27)15-7-8-17-18(10-15)28-13(4)22-17/h5-11,19,24H,1-4H3,(H,23,25)/t19-/m1/s1. The van der Waals surface area contributed by atoms with E-state index in [1.807, 2.05) is 13.8 Å². The molecule has 0 fully saturated rings. The van der Waals surface area contributed by atoms with E-state index in [1.54, 1.807) is 44.2 Å². The highest BCUT2D eigenvalue weighted by atomic mass is 35.5. The molecular formula is C20H22ClN3O3S2. The first-order chi connectivity index (χ1) is 13.6. The van der Waals surface area contributed by atoms with Gasteiger partial charge in [-0.3, -0.25) is 4.79 Å². The first-order valence-corrected chi connectivity index (χ1v) is 11.7. The van der Waals surface area contributed by atoms with Crippen LogP contribution in [0.25, 0.3) is 10.2 Å². The number of halogens is 1. The number of anilines is 1. The summed E-state index contributed by atoms with van der Waals surface area (Å²) in [5.74, 6) is -0.710. The molecule has 2 aromatic carbocycles. The number of rotatable bonds is 6. The second kappa shape index (κ2) is 8.39. The molecule has 1 amide bonds. The van der Waals surface area contributed by atoms with Gasteiger partial charge in [-0.25, -0.2) is 13.4 Å². The van der Waals surface area contributed by atoms with E-state index in [2.05, 4.69) is 15.0 Å². The van der Waals surface area contributed by atoms with Crippen LogP contribution in [0.3, 0.4) is 0 Å². The summed E-state index contributed by atoms with van der Waals surface area (Å²) in [5.41, 5.74) is 2.15. The van der Waals surface area contributed by atoms with Gasteiger partial charge in [0.2, 0.25) is 15.9 Å². The van der Waals surface area contributed by atoms with E-state index in [9.17, 15) is 13.2 Å². The Hall–Kier alpha value is -2.00. The Morgan fingerprint density at radius 2 is 1.86 bits per heavy atom. The fourth-order valence-electron chi connectivity index (χ4n) is 2.81. The normalized spacial score (nSPS) is 13.0. The smallest absolute Gasteiger partial charge is 0.242 e. The Morgan fingerprint density at radius 1 is 1.14 bits per heavy atom. The largest absolute Gasteiger partial charge is 0.325 e. The van der Waals surface area contributed by atoms with Gasteiger partial charge in [-0.15, -0.1) is 11.3 Å². The molecule has 29 heavy (non-hydrogen) atoms. The second-order valence-corrected chi connectivity index (χ2v) is 10.5. The summed E-state index contributed by atoms with van der Waals surface area (Å²) in [6.07, 6.45) is 0. The third kappa shape index (κ3) is 4.95. The van der Waals surface area contributed by atoms with Gasteiger partial charge in [0, 0.05) is 10.7 Å². The lowest BCUT2D eigenvalue weighted by Crippen LogP contribution is -2.47. The quantitative estimate of drug-likeness (QED) is 0.577. The molecule has 1 aromatic heterocycles. The van der Waals surface area contributed by atoms with Crippen LogP contribution in [0.4, 0.5) is 5.69 Å². The number of amides is 1. The number of hydrogen-bond donors (Lipinski definition) is 2. The molecule has 0 spiro atoms. The second-order valence-electron chi connectivity index (χ2n) is 7.16. The molecule has 0 aliphatic heterocycles. The predicted molar refractivity (Wildman–Crippen MR) is 118 cm³/mol. The fraction of sp³-hybridized carbons (Fsp3) is 0.300. The summed E-state index contributed by atoms with van der Waals surface area (Å²) in [5, 5.41) is 4.13. The molecule has 0 saturated heterocycles. The zero-order valence-electron chi connectivity index (χ0n) is 16.5. The lowest BCUT2D eigenvalue weighted by Gasteiger charge is -2.22. The molecule has 0 radical (unpaired) electrons. The molecule has 0 bridgehead atoms. The zero-order valence-corrected chi connectivity index (χ0v) is 18.9. The molecule has 0 aliphatic carbocycles. The monoisotopic (exact) mass is 451 g/mol. The molecule has 1 heterocycles. The van der Waals surface area contributed by atoms with Gasteiger partial charge in [0.25, 0.3) is 0 Å². The van der Waals surface area contributed by atoms with Crippen LogP contribution in [-0.2, 0) is 14.8 Å². The number of nitrogens with zero attached hydrogens (tertiary/aromatic N) is 1. The van der Waals surface area contributed by atoms with Gasteiger partial charge in [0.05, 0.1) is 20.1 Å². The Balaban J connectivity index is 1.83. The average molecular weight is 452 g/mol. The number of fused-ring (bicyclic) bond motifs is 1. The molecule has 1 atom stereocenters. The number of nitrogens with one attached hydrogen (secondary N) is 2. The summed E-state index contributed by atoms with van der Waals surface area (Å²) < 4.78 is 29.2. The van der Waals surface area contributed by atoms with Crippen molar-refractivity contribution in [2.45, 2.75) is 38.6 Å². The van der Waals surface area contributed by atoms with Crippen molar-refractivity contribution in [1.82, 2.24) is 9.71 Å². The number of aryl methyl sites for hydroxylation is 2. The van der Waals surface area contributed by atoms with Crippen molar-refractivity contribution in [2.75, 3.05) is 5.32 Å². The van der Waals surface area contributed by atoms with Crippen molar-refractivity contribution >= 4 is 54.8 Å². The van der Waals surface area contributed by atoms with Gasteiger partial charge < -0.3 is 5.32 Å². The fourth-order valence-corrected chi connectivity index (χ4v) is 5.30. The number of carbonyl (C=O) groups is 1. The minimum atomic E-state index is -3.90. The first kappa shape index (κ1) is 21.7. The van der Waals surface area contributed by atoms with Gasteiger partial charge in [-0.05, 0) is 55.7 Å². The molecule has 9 heteroatoms. The Morgan fingerprint density at radius 3 is 2.52 bits per heavy atom. The van der Waals surface area contributed by atoms with Crippen LogP contribution in [0.15, 0.2) is 41.3 Å². The van der Waals surface area contributed by atoms with Crippen LogP contribution < -0.4 is 10.0 Å². The highest BCUT2D eigenvalue weighted by Crippen LogP contribution is 2.25. The number of hydrogen-bond acceptors (Lipinski definition) is 5. The van der Waals surface area contributed by atoms with E-state index >= 15 is 0 Å². The zero-order chi connectivity index (χ0) is 21.3. The molecular weight excluding hydrogens is 430 g/mol. The third-order valence-corrected chi connectivity index (χ3v) is 7.23. The minimum Gasteiger partial charge on any atom is -0.325 e. The summed E-state index contributed by atoms with van der Waals surface area (Å²) in [4.78, 5) is 17.2. The molecule has 3 aromatic rings. The summed E-state index contributed by atoms with van der Waals surface area (Å²) in [7, 11) is -3.90. The summed E-state index contributed by atoms with van der Waals surface area (Å²) >= 11 is 7.53. The van der Waals surface area contributed by atoms with Crippen molar-refractivity contribution in [3.8, 4) is 0 Å². The SMILES string of the molecule is Cc1nc2ccc(S(=O)(=O)N[C@@H](C(=O)Nc3ccc(C)c(Cl)c3)C(C)C)cc2s1. The van der Waals surface area contributed by atoms with Crippen LogP contribution >= 0.6 is 22.9 Å². The highest BCUT2D eigenvalue weighted by Gasteiger charge is 2.29. The van der Waals surface area contributed by atoms with Crippen LogP contribution in [0.5, 0.6) is 0 Å². The minimum absolute atomic E-state index is 0.102.